The summed E-state index contributed by atoms with van der Waals surface area (Å²) in [6, 6.07) is 7.14. The average molecular weight is 300 g/mol. The van der Waals surface area contributed by atoms with Gasteiger partial charge < -0.3 is 14.1 Å². The first-order valence-electron chi connectivity index (χ1n) is 5.67. The highest BCUT2D eigenvalue weighted by Gasteiger charge is 2.16. The molecule has 0 aromatic carbocycles. The number of nitrogens with zero attached hydrogens (tertiary/aromatic N) is 1. The Labute approximate surface area is 120 Å². The van der Waals surface area contributed by atoms with E-state index in [0.29, 0.717) is 24.7 Å². The van der Waals surface area contributed by atoms with Gasteiger partial charge in [0, 0.05) is 19.0 Å². The summed E-state index contributed by atoms with van der Waals surface area (Å²) in [5, 5.41) is 0. The lowest BCUT2D eigenvalue weighted by molar-refractivity contribution is 0.0747. The highest BCUT2D eigenvalue weighted by molar-refractivity contribution is 7.16. The van der Waals surface area contributed by atoms with E-state index in [0.717, 1.165) is 9.21 Å². The van der Waals surface area contributed by atoms with E-state index in [2.05, 4.69) is 0 Å². The second-order valence-corrected chi connectivity index (χ2v) is 5.87. The predicted octanol–water partition coefficient (Wildman–Crippen LogP) is 3.41. The molecule has 0 radical (unpaired) electrons. The molecule has 0 N–H and O–H groups in total. The average Bonchev–Trinajstić information content (AvgIpc) is 2.98. The van der Waals surface area contributed by atoms with Crippen molar-refractivity contribution in [1.29, 1.82) is 0 Å². The molecule has 0 fully saturated rings. The molecule has 0 saturated heterocycles. The third-order valence-corrected chi connectivity index (χ3v) is 3.74. The molecule has 2 aromatic heterocycles. The fourth-order valence-electron chi connectivity index (χ4n) is 1.64. The Bertz CT molecular complexity index is 564. The lowest BCUT2D eigenvalue weighted by Crippen LogP contribution is -2.25. The van der Waals surface area contributed by atoms with E-state index in [9.17, 15) is 4.79 Å². The molecule has 102 valence electrons. The maximum Gasteiger partial charge on any atom is 0.289 e. The Morgan fingerprint density at radius 1 is 1.42 bits per heavy atom. The number of amides is 1. The van der Waals surface area contributed by atoms with Crippen LogP contribution in [0.5, 0.6) is 0 Å². The molecule has 6 heteroatoms. The Kier molecular flexibility index (Phi) is 4.63. The summed E-state index contributed by atoms with van der Waals surface area (Å²) in [4.78, 5) is 14.8. The van der Waals surface area contributed by atoms with Crippen molar-refractivity contribution in [2.45, 2.75) is 13.2 Å². The summed E-state index contributed by atoms with van der Waals surface area (Å²) in [6.45, 7) is 0.869. The monoisotopic (exact) mass is 299 g/mol. The number of ether oxygens (including phenoxy) is 1. The number of furan rings is 1. The molecular formula is C13H14ClNO3S. The van der Waals surface area contributed by atoms with Crippen LogP contribution in [0.3, 0.4) is 0 Å². The summed E-state index contributed by atoms with van der Waals surface area (Å²) >= 11 is 7.32. The normalized spacial score (nSPS) is 10.7. The maximum atomic E-state index is 12.1. The van der Waals surface area contributed by atoms with E-state index in [1.165, 1.54) is 11.3 Å². The number of rotatable bonds is 5. The molecule has 2 heterocycles. The van der Waals surface area contributed by atoms with Crippen molar-refractivity contribution in [1.82, 2.24) is 4.90 Å². The maximum absolute atomic E-state index is 12.1. The van der Waals surface area contributed by atoms with Crippen LogP contribution in [0.25, 0.3) is 0 Å². The molecule has 19 heavy (non-hydrogen) atoms. The van der Waals surface area contributed by atoms with Crippen LogP contribution in [0.2, 0.25) is 4.34 Å². The zero-order valence-corrected chi connectivity index (χ0v) is 12.3. The summed E-state index contributed by atoms with van der Waals surface area (Å²) in [5.41, 5.74) is 0. The van der Waals surface area contributed by atoms with Crippen molar-refractivity contribution in [3.05, 3.63) is 45.0 Å². The SMILES string of the molecule is COCc1ccc(C(=O)N(C)Cc2ccc(Cl)s2)o1. The van der Waals surface area contributed by atoms with Gasteiger partial charge in [-0.05, 0) is 24.3 Å². The molecule has 0 spiro atoms. The number of halogens is 1. The van der Waals surface area contributed by atoms with Crippen LogP contribution in [0, 0.1) is 0 Å². The van der Waals surface area contributed by atoms with Crippen LogP contribution in [-0.2, 0) is 17.9 Å². The first-order valence-corrected chi connectivity index (χ1v) is 6.87. The summed E-state index contributed by atoms with van der Waals surface area (Å²) < 4.78 is 11.1. The third kappa shape index (κ3) is 3.59. The topological polar surface area (TPSA) is 42.7 Å². The summed E-state index contributed by atoms with van der Waals surface area (Å²) in [7, 11) is 3.31. The van der Waals surface area contributed by atoms with Gasteiger partial charge in [-0.3, -0.25) is 4.79 Å². The lowest BCUT2D eigenvalue weighted by Gasteiger charge is -2.14. The van der Waals surface area contributed by atoms with Gasteiger partial charge in [-0.2, -0.15) is 0 Å². The lowest BCUT2D eigenvalue weighted by atomic mass is 10.3. The van der Waals surface area contributed by atoms with E-state index in [4.69, 9.17) is 20.8 Å². The van der Waals surface area contributed by atoms with Crippen molar-refractivity contribution >= 4 is 28.8 Å². The first kappa shape index (κ1) is 14.1. The Hall–Kier alpha value is -1.30. The van der Waals surface area contributed by atoms with Crippen LogP contribution in [0.1, 0.15) is 21.2 Å². The summed E-state index contributed by atoms with van der Waals surface area (Å²) in [6.07, 6.45) is 0. The van der Waals surface area contributed by atoms with Gasteiger partial charge in [0.25, 0.3) is 5.91 Å². The van der Waals surface area contributed by atoms with E-state index >= 15 is 0 Å². The highest BCUT2D eigenvalue weighted by atomic mass is 35.5. The molecule has 0 aliphatic carbocycles. The number of carbonyl (C=O) groups excluding carboxylic acids is 1. The largest absolute Gasteiger partial charge is 0.453 e. The minimum Gasteiger partial charge on any atom is -0.453 e. The molecule has 0 bridgehead atoms. The predicted molar refractivity (Wildman–Crippen MR) is 74.5 cm³/mol. The highest BCUT2D eigenvalue weighted by Crippen LogP contribution is 2.23. The van der Waals surface area contributed by atoms with E-state index in [1.54, 1.807) is 31.2 Å². The second kappa shape index (κ2) is 6.23. The molecule has 1 amide bonds. The fraction of sp³-hybridized carbons (Fsp3) is 0.308. The van der Waals surface area contributed by atoms with E-state index in [1.807, 2.05) is 12.1 Å². The Balaban J connectivity index is 2.01. The van der Waals surface area contributed by atoms with Gasteiger partial charge in [0.2, 0.25) is 0 Å². The molecule has 0 unspecified atom stereocenters. The van der Waals surface area contributed by atoms with Crippen LogP contribution < -0.4 is 0 Å². The molecular weight excluding hydrogens is 286 g/mol. The van der Waals surface area contributed by atoms with E-state index < -0.39 is 0 Å². The Morgan fingerprint density at radius 2 is 2.21 bits per heavy atom. The number of hydrogen-bond donors (Lipinski definition) is 0. The number of thiophene rings is 1. The number of hydrogen-bond acceptors (Lipinski definition) is 4. The molecule has 4 nitrogen and oxygen atoms in total. The standard InChI is InChI=1S/C13H14ClNO3S/c1-15(7-10-4-6-12(14)19-10)13(16)11-5-3-9(18-11)8-17-2/h3-6H,7-8H2,1-2H3. The van der Waals surface area contributed by atoms with Gasteiger partial charge in [0.15, 0.2) is 5.76 Å². The number of methoxy groups -OCH3 is 1. The van der Waals surface area contributed by atoms with Gasteiger partial charge in [-0.15, -0.1) is 11.3 Å². The van der Waals surface area contributed by atoms with Crippen LogP contribution in [0.4, 0.5) is 0 Å². The molecule has 0 aliphatic heterocycles. The minimum absolute atomic E-state index is 0.160. The zero-order chi connectivity index (χ0) is 13.8. The quantitative estimate of drug-likeness (QED) is 0.849. The minimum atomic E-state index is -0.160. The Morgan fingerprint density at radius 3 is 2.84 bits per heavy atom. The number of carbonyl (C=O) groups is 1. The smallest absolute Gasteiger partial charge is 0.289 e. The van der Waals surface area contributed by atoms with Crippen molar-refractivity contribution in [3.63, 3.8) is 0 Å². The van der Waals surface area contributed by atoms with Crippen molar-refractivity contribution < 1.29 is 13.9 Å². The fourth-order valence-corrected chi connectivity index (χ4v) is 2.78. The van der Waals surface area contributed by atoms with Crippen LogP contribution in [-0.4, -0.2) is 25.0 Å². The van der Waals surface area contributed by atoms with Gasteiger partial charge in [0.1, 0.15) is 12.4 Å². The van der Waals surface area contributed by atoms with Crippen molar-refractivity contribution in [2.75, 3.05) is 14.2 Å². The second-order valence-electron chi connectivity index (χ2n) is 4.07. The molecule has 0 atom stereocenters. The molecule has 0 saturated carbocycles. The van der Waals surface area contributed by atoms with Gasteiger partial charge in [-0.25, -0.2) is 0 Å². The zero-order valence-electron chi connectivity index (χ0n) is 10.7. The van der Waals surface area contributed by atoms with Gasteiger partial charge >= 0.3 is 0 Å². The van der Waals surface area contributed by atoms with Gasteiger partial charge in [-0.1, -0.05) is 11.6 Å². The van der Waals surface area contributed by atoms with Crippen LogP contribution in [0.15, 0.2) is 28.7 Å². The van der Waals surface area contributed by atoms with Gasteiger partial charge in [0.05, 0.1) is 10.9 Å². The summed E-state index contributed by atoms with van der Waals surface area (Å²) in [5.74, 6) is 0.794. The molecule has 0 aliphatic rings. The molecule has 2 aromatic rings. The van der Waals surface area contributed by atoms with E-state index in [-0.39, 0.29) is 5.91 Å². The third-order valence-electron chi connectivity index (χ3n) is 2.53. The molecule has 2 rings (SSSR count). The van der Waals surface area contributed by atoms with Crippen molar-refractivity contribution in [2.24, 2.45) is 0 Å². The van der Waals surface area contributed by atoms with Crippen molar-refractivity contribution in [3.8, 4) is 0 Å². The van der Waals surface area contributed by atoms with Crippen LogP contribution >= 0.6 is 22.9 Å². The first-order chi connectivity index (χ1) is 9.10.